The van der Waals surface area contributed by atoms with Gasteiger partial charge in [-0.25, -0.2) is 0 Å². The molecule has 5 rings (SSSR count). The van der Waals surface area contributed by atoms with Crippen molar-refractivity contribution in [1.82, 2.24) is 19.7 Å². The van der Waals surface area contributed by atoms with E-state index in [9.17, 15) is 4.79 Å². The van der Waals surface area contributed by atoms with E-state index in [4.69, 9.17) is 0 Å². The molecule has 0 bridgehead atoms. The molecule has 31 heavy (non-hydrogen) atoms. The highest BCUT2D eigenvalue weighted by molar-refractivity contribution is 7.11. The monoisotopic (exact) mass is 438 g/mol. The lowest BCUT2D eigenvalue weighted by atomic mass is 9.60. The summed E-state index contributed by atoms with van der Waals surface area (Å²) in [5.41, 5.74) is 1.16. The van der Waals surface area contributed by atoms with Gasteiger partial charge in [0.2, 0.25) is 5.91 Å². The van der Waals surface area contributed by atoms with Crippen molar-refractivity contribution in [2.24, 2.45) is 10.8 Å². The molecule has 5 heterocycles. The summed E-state index contributed by atoms with van der Waals surface area (Å²) in [6.07, 6.45) is 7.08. The predicted molar refractivity (Wildman–Crippen MR) is 125 cm³/mol. The molecule has 3 saturated heterocycles. The van der Waals surface area contributed by atoms with Gasteiger partial charge in [-0.2, -0.15) is 0 Å². The first kappa shape index (κ1) is 21.1. The van der Waals surface area contributed by atoms with Crippen LogP contribution in [0, 0.1) is 17.8 Å². The largest absolute Gasteiger partial charge is 0.342 e. The first-order chi connectivity index (χ1) is 15.0. The van der Waals surface area contributed by atoms with Gasteiger partial charge in [0.05, 0.1) is 5.41 Å². The maximum absolute atomic E-state index is 13.7. The van der Waals surface area contributed by atoms with Crippen LogP contribution in [0.25, 0.3) is 0 Å². The number of aryl methyl sites for hydroxylation is 1. The van der Waals surface area contributed by atoms with Gasteiger partial charge in [-0.05, 0) is 70.0 Å². The molecule has 2 aromatic heterocycles. The van der Waals surface area contributed by atoms with Crippen molar-refractivity contribution < 1.29 is 4.79 Å². The van der Waals surface area contributed by atoms with E-state index >= 15 is 0 Å². The van der Waals surface area contributed by atoms with Crippen LogP contribution in [0.4, 0.5) is 0 Å². The van der Waals surface area contributed by atoms with Crippen molar-refractivity contribution in [3.8, 4) is 0 Å². The second kappa shape index (κ2) is 8.30. The number of pyridine rings is 1. The summed E-state index contributed by atoms with van der Waals surface area (Å²) in [5.74, 6) is 0.422. The normalized spacial score (nSPS) is 26.5. The lowest BCUT2D eigenvalue weighted by Crippen LogP contribution is -2.52. The van der Waals surface area contributed by atoms with E-state index in [-0.39, 0.29) is 10.8 Å². The number of hydrogen-bond donors (Lipinski definition) is 0. The minimum atomic E-state index is -0.198. The van der Waals surface area contributed by atoms with Crippen LogP contribution in [0.1, 0.15) is 41.5 Å². The summed E-state index contributed by atoms with van der Waals surface area (Å²) in [4.78, 5) is 28.1. The fraction of sp³-hybridized carbons (Fsp3) is 0.600. The molecule has 5 nitrogen and oxygen atoms in total. The fourth-order valence-electron chi connectivity index (χ4n) is 6.39. The summed E-state index contributed by atoms with van der Waals surface area (Å²) in [7, 11) is 0. The van der Waals surface area contributed by atoms with Crippen LogP contribution in [-0.4, -0.2) is 64.9 Å². The zero-order valence-corrected chi connectivity index (χ0v) is 19.7. The summed E-state index contributed by atoms with van der Waals surface area (Å²) in [6, 6.07) is 8.67. The van der Waals surface area contributed by atoms with E-state index in [1.165, 1.54) is 15.3 Å². The lowest BCUT2D eigenvalue weighted by Gasteiger charge is -2.47. The van der Waals surface area contributed by atoms with Crippen LogP contribution in [0.5, 0.6) is 0 Å². The van der Waals surface area contributed by atoms with Crippen molar-refractivity contribution in [1.29, 1.82) is 0 Å². The van der Waals surface area contributed by atoms with E-state index < -0.39 is 0 Å². The van der Waals surface area contributed by atoms with Crippen molar-refractivity contribution >= 4 is 17.2 Å². The van der Waals surface area contributed by atoms with Crippen molar-refractivity contribution in [3.63, 3.8) is 0 Å². The van der Waals surface area contributed by atoms with Crippen molar-refractivity contribution in [2.75, 3.05) is 39.3 Å². The van der Waals surface area contributed by atoms with Crippen LogP contribution in [0.3, 0.4) is 0 Å². The van der Waals surface area contributed by atoms with Gasteiger partial charge in [-0.3, -0.25) is 19.6 Å². The standard InChI is InChI=1S/C25H34N4OS/c1-3-29-14-10-25(23(29)30)19-28(16-21-5-4-11-26-15-21)18-24(25)8-12-27(13-9-24)17-22-7-6-20(2)31-22/h4-7,11,15H,3,8-10,12-14,16-19H2,1-2H3. The summed E-state index contributed by atoms with van der Waals surface area (Å²) >= 11 is 1.91. The number of carbonyl (C=O) groups excluding carboxylic acids is 1. The number of nitrogens with zero attached hydrogens (tertiary/aromatic N) is 4. The Morgan fingerprint density at radius 2 is 1.87 bits per heavy atom. The first-order valence-electron chi connectivity index (χ1n) is 11.7. The number of likely N-dealkylation sites (tertiary alicyclic amines) is 3. The van der Waals surface area contributed by atoms with E-state index in [0.717, 1.165) is 71.6 Å². The molecule has 0 aliphatic carbocycles. The molecule has 3 fully saturated rings. The number of hydrogen-bond acceptors (Lipinski definition) is 5. The van der Waals surface area contributed by atoms with Gasteiger partial charge in [-0.15, -0.1) is 11.3 Å². The summed E-state index contributed by atoms with van der Waals surface area (Å²) in [6.45, 7) is 12.2. The number of aromatic nitrogens is 1. The summed E-state index contributed by atoms with van der Waals surface area (Å²) < 4.78 is 0. The van der Waals surface area contributed by atoms with Crippen LogP contribution >= 0.6 is 11.3 Å². The van der Waals surface area contributed by atoms with E-state index in [1.807, 2.05) is 29.8 Å². The van der Waals surface area contributed by atoms with Gasteiger partial charge < -0.3 is 4.90 Å². The molecule has 0 saturated carbocycles. The van der Waals surface area contributed by atoms with E-state index in [2.05, 4.69) is 51.7 Å². The van der Waals surface area contributed by atoms with Crippen LogP contribution in [-0.2, 0) is 17.9 Å². The third kappa shape index (κ3) is 3.73. The molecule has 6 heteroatoms. The van der Waals surface area contributed by atoms with Gasteiger partial charge in [0.15, 0.2) is 0 Å². The Kier molecular flexibility index (Phi) is 5.65. The van der Waals surface area contributed by atoms with E-state index in [0.29, 0.717) is 5.91 Å². The Bertz CT molecular complexity index is 921. The van der Waals surface area contributed by atoms with Gasteiger partial charge in [0.1, 0.15) is 0 Å². The molecule has 1 atom stereocenters. The maximum atomic E-state index is 13.7. The number of amides is 1. The number of thiophene rings is 1. The average molecular weight is 439 g/mol. The molecule has 0 radical (unpaired) electrons. The SMILES string of the molecule is CCN1CCC2(CN(Cc3cccnc3)CC23CCN(Cc2ccc(C)s2)CC3)C1=O. The van der Waals surface area contributed by atoms with Gasteiger partial charge in [0, 0.05) is 66.8 Å². The average Bonchev–Trinajstić information content (AvgIpc) is 3.42. The second-order valence-electron chi connectivity index (χ2n) is 9.79. The highest BCUT2D eigenvalue weighted by Crippen LogP contribution is 2.58. The zero-order valence-electron chi connectivity index (χ0n) is 18.8. The number of rotatable bonds is 5. The Morgan fingerprint density at radius 3 is 2.52 bits per heavy atom. The van der Waals surface area contributed by atoms with Gasteiger partial charge >= 0.3 is 0 Å². The third-order valence-corrected chi connectivity index (χ3v) is 9.02. The second-order valence-corrected chi connectivity index (χ2v) is 11.2. The third-order valence-electron chi connectivity index (χ3n) is 8.04. The van der Waals surface area contributed by atoms with Crippen LogP contribution in [0.15, 0.2) is 36.7 Å². The Hall–Kier alpha value is -1.76. The number of piperidine rings is 1. The molecule has 1 unspecified atom stereocenters. The minimum Gasteiger partial charge on any atom is -0.342 e. The minimum absolute atomic E-state index is 0.109. The molecule has 2 spiro atoms. The molecule has 166 valence electrons. The Balaban J connectivity index is 1.35. The van der Waals surface area contributed by atoms with Gasteiger partial charge in [-0.1, -0.05) is 6.07 Å². The molecular formula is C25H34N4OS. The van der Waals surface area contributed by atoms with Crippen LogP contribution < -0.4 is 0 Å². The number of carbonyl (C=O) groups is 1. The number of fused-ring (bicyclic) bond motifs is 1. The lowest BCUT2D eigenvalue weighted by molar-refractivity contribution is -0.142. The topological polar surface area (TPSA) is 39.7 Å². The summed E-state index contributed by atoms with van der Waals surface area (Å²) in [5, 5.41) is 0. The quantitative estimate of drug-likeness (QED) is 0.712. The van der Waals surface area contributed by atoms with E-state index in [1.54, 1.807) is 0 Å². The fourth-order valence-corrected chi connectivity index (χ4v) is 7.32. The van der Waals surface area contributed by atoms with Crippen molar-refractivity contribution in [2.45, 2.75) is 46.2 Å². The first-order valence-corrected chi connectivity index (χ1v) is 12.5. The molecule has 1 amide bonds. The highest BCUT2D eigenvalue weighted by atomic mass is 32.1. The molecular weight excluding hydrogens is 404 g/mol. The zero-order chi connectivity index (χ0) is 21.5. The predicted octanol–water partition coefficient (Wildman–Crippen LogP) is 3.79. The molecule has 2 aromatic rings. The molecule has 3 aliphatic heterocycles. The molecule has 0 aromatic carbocycles. The Labute approximate surface area is 190 Å². The highest BCUT2D eigenvalue weighted by Gasteiger charge is 2.64. The van der Waals surface area contributed by atoms with Crippen molar-refractivity contribution in [3.05, 3.63) is 52.0 Å². The smallest absolute Gasteiger partial charge is 0.230 e. The molecule has 3 aliphatic rings. The van der Waals surface area contributed by atoms with Crippen LogP contribution in [0.2, 0.25) is 0 Å². The van der Waals surface area contributed by atoms with Gasteiger partial charge in [0.25, 0.3) is 0 Å². The maximum Gasteiger partial charge on any atom is 0.230 e. The Morgan fingerprint density at radius 1 is 1.03 bits per heavy atom. The molecule has 0 N–H and O–H groups in total.